The van der Waals surface area contributed by atoms with Gasteiger partial charge in [0.25, 0.3) is 0 Å². The Balaban J connectivity index is 1.33. The molecule has 3 N–H and O–H groups in total. The number of hydrogen-bond acceptors (Lipinski definition) is 8. The summed E-state index contributed by atoms with van der Waals surface area (Å²) in [5, 5.41) is 8.37. The third kappa shape index (κ3) is 4.64. The molecular formula is C21H19FN8S. The topological polar surface area (TPSA) is 107 Å². The summed E-state index contributed by atoms with van der Waals surface area (Å²) in [4.78, 5) is 17.5. The lowest BCUT2D eigenvalue weighted by molar-refractivity contribution is 0.628. The second-order valence-corrected chi connectivity index (χ2v) is 8.07. The number of rotatable bonds is 7. The van der Waals surface area contributed by atoms with Gasteiger partial charge in [0.15, 0.2) is 0 Å². The van der Waals surface area contributed by atoms with E-state index >= 15 is 0 Å². The summed E-state index contributed by atoms with van der Waals surface area (Å²) in [6.07, 6.45) is 2.27. The normalized spacial score (nSPS) is 13.3. The molecule has 0 bridgehead atoms. The Morgan fingerprint density at radius 3 is 2.52 bits per heavy atom. The van der Waals surface area contributed by atoms with Crippen molar-refractivity contribution in [1.29, 1.82) is 0 Å². The predicted molar refractivity (Wildman–Crippen MR) is 117 cm³/mol. The zero-order valence-electron chi connectivity index (χ0n) is 16.4. The Kier molecular flexibility index (Phi) is 5.21. The molecule has 2 aromatic heterocycles. The van der Waals surface area contributed by atoms with Crippen LogP contribution in [-0.4, -0.2) is 29.7 Å². The van der Waals surface area contributed by atoms with Gasteiger partial charge in [-0.25, -0.2) is 14.1 Å². The molecule has 0 spiro atoms. The van der Waals surface area contributed by atoms with Crippen LogP contribution in [0.3, 0.4) is 0 Å². The minimum atomic E-state index is -0.314. The van der Waals surface area contributed by atoms with Crippen LogP contribution in [0.15, 0.2) is 59.8 Å². The van der Waals surface area contributed by atoms with Crippen LogP contribution >= 0.6 is 11.8 Å². The van der Waals surface area contributed by atoms with Crippen molar-refractivity contribution in [2.75, 3.05) is 11.1 Å². The summed E-state index contributed by atoms with van der Waals surface area (Å²) in [6, 6.07) is 15.9. The van der Waals surface area contributed by atoms with Gasteiger partial charge in [0.2, 0.25) is 17.1 Å². The summed E-state index contributed by atoms with van der Waals surface area (Å²) in [5.74, 6) is 2.49. The van der Waals surface area contributed by atoms with Gasteiger partial charge in [-0.1, -0.05) is 30.0 Å². The standard InChI is InChI=1S/C21H19FN8S/c22-14-8-10-15(11-9-14)24-20-26-17(25-19(23)28-20)12-31-21-27-18(13-6-7-13)30(29-21)16-4-2-1-3-5-16/h1-5,8-11,13H,6-7,12H2,(H3,23,24,25,26,28). The lowest BCUT2D eigenvalue weighted by atomic mass is 10.3. The number of thioether (sulfide) groups is 1. The van der Waals surface area contributed by atoms with E-state index in [-0.39, 0.29) is 11.8 Å². The number of nitrogen functional groups attached to an aromatic ring is 1. The van der Waals surface area contributed by atoms with Crippen LogP contribution in [0.1, 0.15) is 30.4 Å². The monoisotopic (exact) mass is 434 g/mol. The number of para-hydroxylation sites is 1. The summed E-state index contributed by atoms with van der Waals surface area (Å²) in [5.41, 5.74) is 7.51. The third-order valence-electron chi connectivity index (χ3n) is 4.69. The fourth-order valence-corrected chi connectivity index (χ4v) is 3.77. The van der Waals surface area contributed by atoms with Crippen molar-refractivity contribution in [3.8, 4) is 5.69 Å². The first-order valence-electron chi connectivity index (χ1n) is 9.82. The molecule has 0 aliphatic heterocycles. The molecule has 1 aliphatic rings. The van der Waals surface area contributed by atoms with Crippen molar-refractivity contribution in [2.45, 2.75) is 29.7 Å². The van der Waals surface area contributed by atoms with Crippen LogP contribution in [0, 0.1) is 5.82 Å². The molecule has 0 saturated heterocycles. The highest BCUT2D eigenvalue weighted by molar-refractivity contribution is 7.98. The molecule has 1 fully saturated rings. The fraction of sp³-hybridized carbons (Fsp3) is 0.190. The Bertz CT molecular complexity index is 1190. The Morgan fingerprint density at radius 2 is 1.77 bits per heavy atom. The van der Waals surface area contributed by atoms with Crippen LogP contribution in [0.25, 0.3) is 5.69 Å². The average Bonchev–Trinajstić information content (AvgIpc) is 3.53. The van der Waals surface area contributed by atoms with E-state index in [0.29, 0.717) is 34.3 Å². The van der Waals surface area contributed by atoms with Gasteiger partial charge in [0.1, 0.15) is 17.5 Å². The second kappa shape index (κ2) is 8.31. The molecule has 0 atom stereocenters. The van der Waals surface area contributed by atoms with Gasteiger partial charge in [0.05, 0.1) is 11.4 Å². The summed E-state index contributed by atoms with van der Waals surface area (Å²) < 4.78 is 15.0. The molecule has 0 unspecified atom stereocenters. The first-order chi connectivity index (χ1) is 15.1. The van der Waals surface area contributed by atoms with E-state index in [1.165, 1.54) is 23.9 Å². The molecule has 10 heteroatoms. The van der Waals surface area contributed by atoms with Crippen LogP contribution < -0.4 is 11.1 Å². The van der Waals surface area contributed by atoms with Crippen LogP contribution in [-0.2, 0) is 5.75 Å². The smallest absolute Gasteiger partial charge is 0.232 e. The number of nitrogens with zero attached hydrogens (tertiary/aromatic N) is 6. The average molecular weight is 435 g/mol. The first kappa shape index (κ1) is 19.4. The molecular weight excluding hydrogens is 415 g/mol. The van der Waals surface area contributed by atoms with Gasteiger partial charge < -0.3 is 11.1 Å². The largest absolute Gasteiger partial charge is 0.368 e. The number of nitrogens with two attached hydrogens (primary N) is 1. The van der Waals surface area contributed by atoms with Gasteiger partial charge in [0, 0.05) is 11.6 Å². The molecule has 2 heterocycles. The van der Waals surface area contributed by atoms with Crippen molar-refractivity contribution in [1.82, 2.24) is 29.7 Å². The maximum absolute atomic E-state index is 13.1. The number of nitrogens with one attached hydrogen (secondary N) is 1. The fourth-order valence-electron chi connectivity index (χ4n) is 3.08. The van der Waals surface area contributed by atoms with E-state index in [1.54, 1.807) is 12.1 Å². The molecule has 0 radical (unpaired) electrons. The van der Waals surface area contributed by atoms with Gasteiger partial charge >= 0.3 is 0 Å². The number of halogens is 1. The van der Waals surface area contributed by atoms with E-state index in [4.69, 9.17) is 15.8 Å². The minimum absolute atomic E-state index is 0.108. The van der Waals surface area contributed by atoms with Gasteiger partial charge in [-0.2, -0.15) is 15.0 Å². The predicted octanol–water partition coefficient (Wildman–Crippen LogP) is 4.09. The molecule has 8 nitrogen and oxygen atoms in total. The van der Waals surface area contributed by atoms with E-state index < -0.39 is 0 Å². The van der Waals surface area contributed by atoms with E-state index in [9.17, 15) is 4.39 Å². The van der Waals surface area contributed by atoms with Crippen molar-refractivity contribution >= 4 is 29.3 Å². The highest BCUT2D eigenvalue weighted by atomic mass is 32.2. The second-order valence-electron chi connectivity index (χ2n) is 7.13. The maximum Gasteiger partial charge on any atom is 0.232 e. The highest BCUT2D eigenvalue weighted by Gasteiger charge is 2.30. The zero-order valence-corrected chi connectivity index (χ0v) is 17.3. The van der Waals surface area contributed by atoms with Gasteiger partial charge in [-0.15, -0.1) is 5.10 Å². The molecule has 156 valence electrons. The molecule has 1 saturated carbocycles. The van der Waals surface area contributed by atoms with Crippen LogP contribution in [0.4, 0.5) is 22.0 Å². The molecule has 0 amide bonds. The number of aromatic nitrogens is 6. The van der Waals surface area contributed by atoms with Crippen LogP contribution in [0.5, 0.6) is 0 Å². The molecule has 1 aliphatic carbocycles. The molecule has 31 heavy (non-hydrogen) atoms. The van der Waals surface area contributed by atoms with Crippen molar-refractivity contribution < 1.29 is 4.39 Å². The maximum atomic E-state index is 13.1. The number of hydrogen-bond donors (Lipinski definition) is 2. The van der Waals surface area contributed by atoms with Crippen molar-refractivity contribution in [2.24, 2.45) is 0 Å². The highest BCUT2D eigenvalue weighted by Crippen LogP contribution is 2.40. The Labute approximate surface area is 182 Å². The van der Waals surface area contributed by atoms with Crippen molar-refractivity contribution in [3.63, 3.8) is 0 Å². The number of anilines is 3. The van der Waals surface area contributed by atoms with Crippen molar-refractivity contribution in [3.05, 3.63) is 72.1 Å². The lowest BCUT2D eigenvalue weighted by Gasteiger charge is -2.06. The minimum Gasteiger partial charge on any atom is -0.368 e. The van der Waals surface area contributed by atoms with Gasteiger partial charge in [-0.3, -0.25) is 0 Å². The van der Waals surface area contributed by atoms with Crippen LogP contribution in [0.2, 0.25) is 0 Å². The number of benzene rings is 2. The Hall–Kier alpha value is -3.53. The van der Waals surface area contributed by atoms with Gasteiger partial charge in [-0.05, 0) is 49.2 Å². The van der Waals surface area contributed by atoms with E-state index in [0.717, 1.165) is 24.4 Å². The quantitative estimate of drug-likeness (QED) is 0.419. The third-order valence-corrected chi connectivity index (χ3v) is 5.52. The first-order valence-corrected chi connectivity index (χ1v) is 10.8. The summed E-state index contributed by atoms with van der Waals surface area (Å²) in [7, 11) is 0. The molecule has 5 rings (SSSR count). The zero-order chi connectivity index (χ0) is 21.2. The summed E-state index contributed by atoms with van der Waals surface area (Å²) >= 11 is 1.45. The van der Waals surface area contributed by atoms with E-state index in [1.807, 2.05) is 35.0 Å². The summed E-state index contributed by atoms with van der Waals surface area (Å²) in [6.45, 7) is 0. The molecule has 2 aromatic carbocycles. The Morgan fingerprint density at radius 1 is 1.00 bits per heavy atom. The van der Waals surface area contributed by atoms with E-state index in [2.05, 4.69) is 20.3 Å². The SMILES string of the molecule is Nc1nc(CSc2nc(C3CC3)n(-c3ccccc3)n2)nc(Nc2ccc(F)cc2)n1. The lowest BCUT2D eigenvalue weighted by Crippen LogP contribution is -2.06. The molecule has 4 aromatic rings.